The monoisotopic (exact) mass is 1080 g/mol. The van der Waals surface area contributed by atoms with Gasteiger partial charge >= 0.3 is 0 Å². The highest BCUT2D eigenvalue weighted by atomic mass is 16.5. The summed E-state index contributed by atoms with van der Waals surface area (Å²) in [4.78, 5) is 0. The molecule has 0 saturated carbocycles. The van der Waals surface area contributed by atoms with Crippen LogP contribution in [0.25, 0.3) is 33.4 Å². The summed E-state index contributed by atoms with van der Waals surface area (Å²) in [6.45, 7) is 43.2. The zero-order chi connectivity index (χ0) is 59.9. The van der Waals surface area contributed by atoms with E-state index in [9.17, 15) is 0 Å². The van der Waals surface area contributed by atoms with E-state index in [1.54, 1.807) is 0 Å². The Kier molecular flexibility index (Phi) is 22.4. The molecule has 1 heteroatoms. The summed E-state index contributed by atoms with van der Waals surface area (Å²) >= 11 is 0. The first-order valence-corrected chi connectivity index (χ1v) is 29.3. The number of rotatable bonds is 7. The molecule has 82 heavy (non-hydrogen) atoms. The summed E-state index contributed by atoms with van der Waals surface area (Å²) in [7, 11) is 0. The molecule has 1 nitrogen and oxygen atoms in total. The summed E-state index contributed by atoms with van der Waals surface area (Å²) in [6.07, 6.45) is 1.03. The summed E-state index contributed by atoms with van der Waals surface area (Å²) in [5.41, 5.74) is 37.8. The SMILES string of the molecule is Cc1ccc(-c2ccc(C)c(C)c2)cc1C.Cc1ccc(-c2cccc(C)c2C)cc1C.Cc1ccc(Cc2ccc(C)c(C)c2)cc1C.Cc1ccc(Oc2ccc(C)c(C)c2)cc1C.Cc1cccc(-c2cccc(C)c2C)c1C. The van der Waals surface area contributed by atoms with Crippen LogP contribution in [0, 0.1) is 138 Å². The normalized spacial score (nSPS) is 10.5. The number of aryl methyl sites for hydroxylation is 17. The molecule has 0 amide bonds. The molecule has 0 aromatic heterocycles. The minimum Gasteiger partial charge on any atom is -0.457 e. The Morgan fingerprint density at radius 2 is 0.476 bits per heavy atom. The molecular weight excluding hydrogens is 989 g/mol. The van der Waals surface area contributed by atoms with Crippen LogP contribution in [-0.4, -0.2) is 0 Å². The topological polar surface area (TPSA) is 9.23 Å². The zero-order valence-corrected chi connectivity index (χ0v) is 53.4. The lowest BCUT2D eigenvalue weighted by Crippen LogP contribution is -1.92. The molecule has 0 aliphatic heterocycles. The summed E-state index contributed by atoms with van der Waals surface area (Å²) in [5, 5.41) is 0. The molecular formula is C81H92O. The lowest BCUT2D eigenvalue weighted by atomic mass is 9.92. The summed E-state index contributed by atoms with van der Waals surface area (Å²) < 4.78 is 5.85. The molecule has 10 rings (SSSR count). The molecule has 0 atom stereocenters. The van der Waals surface area contributed by atoms with Crippen LogP contribution >= 0.6 is 0 Å². The molecule has 0 N–H and O–H groups in total. The number of hydrogen-bond donors (Lipinski definition) is 0. The van der Waals surface area contributed by atoms with E-state index in [1.807, 2.05) is 12.1 Å². The maximum atomic E-state index is 5.85. The van der Waals surface area contributed by atoms with Crippen LogP contribution in [-0.2, 0) is 6.42 Å². The third kappa shape index (κ3) is 17.3. The zero-order valence-electron chi connectivity index (χ0n) is 53.4. The molecule has 422 valence electrons. The molecule has 10 aromatic rings. The van der Waals surface area contributed by atoms with Gasteiger partial charge in [-0.25, -0.2) is 0 Å². The van der Waals surface area contributed by atoms with Crippen LogP contribution in [0.1, 0.15) is 122 Å². The molecule has 0 heterocycles. The molecule has 0 aliphatic rings. The maximum absolute atomic E-state index is 5.85. The van der Waals surface area contributed by atoms with Crippen molar-refractivity contribution in [1.82, 2.24) is 0 Å². The predicted octanol–water partition coefficient (Wildman–Crippen LogP) is 23.0. The smallest absolute Gasteiger partial charge is 0.127 e. The summed E-state index contributed by atoms with van der Waals surface area (Å²) in [6, 6.07) is 65.4. The lowest BCUT2D eigenvalue weighted by Gasteiger charge is -2.12. The number of hydrogen-bond acceptors (Lipinski definition) is 1. The second-order valence-electron chi connectivity index (χ2n) is 23.2. The van der Waals surface area contributed by atoms with Crippen molar-refractivity contribution in [1.29, 1.82) is 0 Å². The van der Waals surface area contributed by atoms with E-state index in [1.165, 1.54) is 156 Å². The van der Waals surface area contributed by atoms with Crippen LogP contribution in [0.2, 0.25) is 0 Å². The van der Waals surface area contributed by atoms with Crippen molar-refractivity contribution in [2.75, 3.05) is 0 Å². The third-order valence-corrected chi connectivity index (χ3v) is 17.0. The van der Waals surface area contributed by atoms with Crippen molar-refractivity contribution in [2.45, 2.75) is 145 Å². The first kappa shape index (κ1) is 63.2. The maximum Gasteiger partial charge on any atom is 0.127 e. The predicted molar refractivity (Wildman–Crippen MR) is 359 cm³/mol. The van der Waals surface area contributed by atoms with Gasteiger partial charge in [0.25, 0.3) is 0 Å². The highest BCUT2D eigenvalue weighted by molar-refractivity contribution is 5.73. The largest absolute Gasteiger partial charge is 0.457 e. The Morgan fingerprint density at radius 1 is 0.207 bits per heavy atom. The van der Waals surface area contributed by atoms with Crippen LogP contribution in [0.4, 0.5) is 0 Å². The minimum atomic E-state index is 0.899. The Bertz CT molecular complexity index is 3500. The van der Waals surface area contributed by atoms with Crippen LogP contribution in [0.15, 0.2) is 182 Å². The molecule has 0 aliphatic carbocycles. The van der Waals surface area contributed by atoms with Crippen LogP contribution in [0.3, 0.4) is 0 Å². The molecule has 0 spiro atoms. The average molecular weight is 1080 g/mol. The van der Waals surface area contributed by atoms with E-state index in [0.717, 1.165) is 17.9 Å². The molecule has 0 fully saturated rings. The van der Waals surface area contributed by atoms with Gasteiger partial charge in [-0.3, -0.25) is 0 Å². The fourth-order valence-corrected chi connectivity index (χ4v) is 9.65. The van der Waals surface area contributed by atoms with Crippen molar-refractivity contribution in [3.05, 3.63) is 304 Å². The fraction of sp³-hybridized carbons (Fsp3) is 0.259. The number of ether oxygens (including phenoxy) is 1. The Hall–Kier alpha value is -8.00. The van der Waals surface area contributed by atoms with Crippen molar-refractivity contribution >= 4 is 0 Å². The van der Waals surface area contributed by atoms with E-state index in [0.29, 0.717) is 0 Å². The average Bonchev–Trinajstić information content (AvgIpc) is 3.47. The van der Waals surface area contributed by atoms with Crippen LogP contribution in [0.5, 0.6) is 11.5 Å². The van der Waals surface area contributed by atoms with Crippen molar-refractivity contribution in [3.63, 3.8) is 0 Å². The van der Waals surface area contributed by atoms with Crippen molar-refractivity contribution < 1.29 is 4.74 Å². The van der Waals surface area contributed by atoms with Gasteiger partial charge in [-0.05, 0) is 325 Å². The van der Waals surface area contributed by atoms with Gasteiger partial charge in [0.05, 0.1) is 0 Å². The van der Waals surface area contributed by atoms with Gasteiger partial charge in [0.15, 0.2) is 0 Å². The molecule has 10 aromatic carbocycles. The van der Waals surface area contributed by atoms with Gasteiger partial charge in [0.2, 0.25) is 0 Å². The molecule has 0 unspecified atom stereocenters. The van der Waals surface area contributed by atoms with E-state index >= 15 is 0 Å². The highest BCUT2D eigenvalue weighted by Crippen LogP contribution is 2.31. The van der Waals surface area contributed by atoms with E-state index < -0.39 is 0 Å². The molecule has 0 saturated heterocycles. The highest BCUT2D eigenvalue weighted by Gasteiger charge is 2.09. The van der Waals surface area contributed by atoms with E-state index in [4.69, 9.17) is 4.74 Å². The van der Waals surface area contributed by atoms with Crippen molar-refractivity contribution in [2.24, 2.45) is 0 Å². The van der Waals surface area contributed by atoms with Gasteiger partial charge in [-0.15, -0.1) is 0 Å². The second kappa shape index (κ2) is 29.1. The Balaban J connectivity index is 0.000000165. The molecule has 0 bridgehead atoms. The standard InChI is InChI=1S/C17H20.C16H18O.3C16H18/c1-12-5-7-16(9-14(12)3)11-17-8-6-13(2)15(4)10-17;1-11-5-7-15(9-13(11)3)17-16-8-6-12(2)14(4)10-16;1-11-5-7-15(9-13(11)3)16-8-6-12(2)14(4)10-16;1-11-7-5-9-15(13(11)3)16-10-6-8-12(2)14(16)4;1-11-8-9-15(10-13(11)3)16-7-5-6-12(2)14(16)4/h5-10H,11H2,1-4H3;5-10H,1-4H3;3*5-10H,1-4H3. The summed E-state index contributed by atoms with van der Waals surface area (Å²) in [5.74, 6) is 1.80. The second-order valence-corrected chi connectivity index (χ2v) is 23.2. The van der Waals surface area contributed by atoms with Gasteiger partial charge in [0.1, 0.15) is 11.5 Å². The van der Waals surface area contributed by atoms with Gasteiger partial charge < -0.3 is 4.74 Å². The van der Waals surface area contributed by atoms with Crippen LogP contribution < -0.4 is 4.74 Å². The van der Waals surface area contributed by atoms with Gasteiger partial charge in [-0.1, -0.05) is 158 Å². The number of benzene rings is 10. The van der Waals surface area contributed by atoms with Gasteiger partial charge in [0, 0.05) is 0 Å². The minimum absolute atomic E-state index is 0.899. The van der Waals surface area contributed by atoms with E-state index in [2.05, 4.69) is 308 Å². The fourth-order valence-electron chi connectivity index (χ4n) is 9.65. The first-order chi connectivity index (χ1) is 38.9. The van der Waals surface area contributed by atoms with Crippen molar-refractivity contribution in [3.8, 4) is 44.9 Å². The van der Waals surface area contributed by atoms with E-state index in [-0.39, 0.29) is 0 Å². The third-order valence-electron chi connectivity index (χ3n) is 17.0. The Labute approximate surface area is 496 Å². The lowest BCUT2D eigenvalue weighted by molar-refractivity contribution is 0.481. The molecule has 0 radical (unpaired) electrons. The van der Waals surface area contributed by atoms with Gasteiger partial charge in [-0.2, -0.15) is 0 Å². The Morgan fingerprint density at radius 3 is 0.805 bits per heavy atom. The quantitative estimate of drug-likeness (QED) is 0.155. The first-order valence-electron chi connectivity index (χ1n) is 29.3.